The third-order valence-corrected chi connectivity index (χ3v) is 4.69. The molecule has 0 radical (unpaired) electrons. The van der Waals surface area contributed by atoms with E-state index >= 15 is 0 Å². The van der Waals surface area contributed by atoms with Crippen molar-refractivity contribution in [2.24, 2.45) is 0 Å². The standard InChI is InChI=1S/C19H23N3O3/c1-14-13-17(20-22(14)16-8-3-2-4-9-16)19(25)21-12-6-5-7-15(21)10-11-18(23)24/h2-4,8-9,13,15H,5-7,10-12H2,1H3,(H,23,24). The van der Waals surface area contributed by atoms with Gasteiger partial charge in [-0.15, -0.1) is 0 Å². The number of aryl methyl sites for hydroxylation is 1. The fourth-order valence-corrected chi connectivity index (χ4v) is 3.41. The number of carbonyl (C=O) groups excluding carboxylic acids is 1. The summed E-state index contributed by atoms with van der Waals surface area (Å²) in [5.74, 6) is -0.921. The molecule has 0 bridgehead atoms. The number of benzene rings is 1. The van der Waals surface area contributed by atoms with Crippen LogP contribution in [0.1, 0.15) is 48.3 Å². The summed E-state index contributed by atoms with van der Waals surface area (Å²) in [4.78, 5) is 25.6. The van der Waals surface area contributed by atoms with Crippen LogP contribution in [0, 0.1) is 6.92 Å². The van der Waals surface area contributed by atoms with E-state index in [0.717, 1.165) is 30.6 Å². The van der Waals surface area contributed by atoms with Gasteiger partial charge in [0.2, 0.25) is 0 Å². The Balaban J connectivity index is 1.81. The zero-order valence-corrected chi connectivity index (χ0v) is 14.4. The minimum absolute atomic E-state index is 0.0143. The van der Waals surface area contributed by atoms with E-state index in [0.29, 0.717) is 18.7 Å². The van der Waals surface area contributed by atoms with E-state index in [1.54, 1.807) is 10.7 Å². The average molecular weight is 341 g/mol. The Bertz CT molecular complexity index is 755. The van der Waals surface area contributed by atoms with Crippen LogP contribution in [-0.4, -0.2) is 44.3 Å². The van der Waals surface area contributed by atoms with E-state index in [1.807, 2.05) is 42.2 Å². The van der Waals surface area contributed by atoms with Gasteiger partial charge < -0.3 is 10.0 Å². The molecule has 25 heavy (non-hydrogen) atoms. The minimum Gasteiger partial charge on any atom is -0.481 e. The Morgan fingerprint density at radius 3 is 2.72 bits per heavy atom. The second-order valence-electron chi connectivity index (χ2n) is 6.50. The molecule has 3 rings (SSSR count). The van der Waals surface area contributed by atoms with Gasteiger partial charge in [0, 0.05) is 24.7 Å². The van der Waals surface area contributed by atoms with Gasteiger partial charge in [-0.1, -0.05) is 18.2 Å². The van der Waals surface area contributed by atoms with Crippen LogP contribution in [-0.2, 0) is 4.79 Å². The van der Waals surface area contributed by atoms with Crippen molar-refractivity contribution < 1.29 is 14.7 Å². The highest BCUT2D eigenvalue weighted by molar-refractivity contribution is 5.92. The Morgan fingerprint density at radius 1 is 1.24 bits per heavy atom. The number of carboxylic acids is 1. The second-order valence-corrected chi connectivity index (χ2v) is 6.50. The van der Waals surface area contributed by atoms with Crippen molar-refractivity contribution in [1.29, 1.82) is 0 Å². The highest BCUT2D eigenvalue weighted by atomic mass is 16.4. The number of aliphatic carboxylic acids is 1. The van der Waals surface area contributed by atoms with Gasteiger partial charge in [-0.3, -0.25) is 9.59 Å². The monoisotopic (exact) mass is 341 g/mol. The van der Waals surface area contributed by atoms with Crippen molar-refractivity contribution in [3.63, 3.8) is 0 Å². The normalized spacial score (nSPS) is 17.5. The lowest BCUT2D eigenvalue weighted by atomic mass is 9.97. The highest BCUT2D eigenvalue weighted by Crippen LogP contribution is 2.23. The molecule has 0 saturated carbocycles. The summed E-state index contributed by atoms with van der Waals surface area (Å²) in [6, 6.07) is 11.5. The molecule has 1 amide bonds. The van der Waals surface area contributed by atoms with Gasteiger partial charge in [0.1, 0.15) is 0 Å². The molecule has 1 saturated heterocycles. The van der Waals surface area contributed by atoms with Crippen LogP contribution in [0.2, 0.25) is 0 Å². The van der Waals surface area contributed by atoms with E-state index in [-0.39, 0.29) is 18.4 Å². The maximum absolute atomic E-state index is 13.0. The van der Waals surface area contributed by atoms with Gasteiger partial charge in [-0.05, 0) is 50.8 Å². The molecule has 1 aliphatic rings. The third kappa shape index (κ3) is 3.90. The molecule has 1 N–H and O–H groups in total. The van der Waals surface area contributed by atoms with Crippen molar-refractivity contribution in [2.45, 2.75) is 45.1 Å². The summed E-state index contributed by atoms with van der Waals surface area (Å²) in [7, 11) is 0. The van der Waals surface area contributed by atoms with E-state index in [2.05, 4.69) is 5.10 Å². The summed E-state index contributed by atoms with van der Waals surface area (Å²) >= 11 is 0. The number of nitrogens with zero attached hydrogens (tertiary/aromatic N) is 3. The average Bonchev–Trinajstić information content (AvgIpc) is 3.02. The Hall–Kier alpha value is -2.63. The number of rotatable bonds is 5. The lowest BCUT2D eigenvalue weighted by Crippen LogP contribution is -2.44. The molecular formula is C19H23N3O3. The fourth-order valence-electron chi connectivity index (χ4n) is 3.41. The molecule has 0 spiro atoms. The topological polar surface area (TPSA) is 75.4 Å². The van der Waals surface area contributed by atoms with Gasteiger partial charge in [0.05, 0.1) is 5.69 Å². The number of piperidine rings is 1. The number of para-hydroxylation sites is 1. The largest absolute Gasteiger partial charge is 0.481 e. The van der Waals surface area contributed by atoms with E-state index < -0.39 is 5.97 Å². The van der Waals surface area contributed by atoms with Crippen LogP contribution in [0.15, 0.2) is 36.4 Å². The van der Waals surface area contributed by atoms with E-state index in [1.165, 1.54) is 0 Å². The lowest BCUT2D eigenvalue weighted by Gasteiger charge is -2.35. The molecule has 2 heterocycles. The van der Waals surface area contributed by atoms with Crippen molar-refractivity contribution in [3.8, 4) is 5.69 Å². The zero-order valence-electron chi connectivity index (χ0n) is 14.4. The second kappa shape index (κ2) is 7.51. The summed E-state index contributed by atoms with van der Waals surface area (Å²) in [6.07, 6.45) is 3.43. The Morgan fingerprint density at radius 2 is 2.00 bits per heavy atom. The van der Waals surface area contributed by atoms with E-state index in [9.17, 15) is 9.59 Å². The molecular weight excluding hydrogens is 318 g/mol. The molecule has 2 aromatic rings. The molecule has 1 atom stereocenters. The number of hydrogen-bond acceptors (Lipinski definition) is 3. The molecule has 1 aliphatic heterocycles. The van der Waals surface area contributed by atoms with Gasteiger partial charge >= 0.3 is 5.97 Å². The highest BCUT2D eigenvalue weighted by Gasteiger charge is 2.29. The zero-order chi connectivity index (χ0) is 17.8. The number of aromatic nitrogens is 2. The number of amides is 1. The fraction of sp³-hybridized carbons (Fsp3) is 0.421. The predicted octanol–water partition coefficient (Wildman–Crippen LogP) is 3.04. The lowest BCUT2D eigenvalue weighted by molar-refractivity contribution is -0.137. The van der Waals surface area contributed by atoms with Crippen LogP contribution in [0.25, 0.3) is 5.69 Å². The first-order chi connectivity index (χ1) is 12.1. The Kier molecular flexibility index (Phi) is 5.16. The molecule has 0 aliphatic carbocycles. The van der Waals surface area contributed by atoms with Crippen LogP contribution >= 0.6 is 0 Å². The molecule has 1 unspecified atom stereocenters. The van der Waals surface area contributed by atoms with Crippen molar-refractivity contribution in [2.75, 3.05) is 6.54 Å². The van der Waals surface area contributed by atoms with Crippen molar-refractivity contribution >= 4 is 11.9 Å². The Labute approximate surface area is 147 Å². The molecule has 132 valence electrons. The van der Waals surface area contributed by atoms with E-state index in [4.69, 9.17) is 5.11 Å². The first-order valence-electron chi connectivity index (χ1n) is 8.71. The summed E-state index contributed by atoms with van der Waals surface area (Å²) in [5, 5.41) is 13.4. The van der Waals surface area contributed by atoms with Gasteiger partial charge in [-0.25, -0.2) is 4.68 Å². The molecule has 1 fully saturated rings. The summed E-state index contributed by atoms with van der Waals surface area (Å²) < 4.78 is 1.77. The van der Waals surface area contributed by atoms with Crippen molar-refractivity contribution in [3.05, 3.63) is 47.8 Å². The van der Waals surface area contributed by atoms with Crippen LogP contribution in [0.4, 0.5) is 0 Å². The first-order valence-corrected chi connectivity index (χ1v) is 8.71. The summed E-state index contributed by atoms with van der Waals surface area (Å²) in [5.41, 5.74) is 2.23. The molecule has 1 aromatic carbocycles. The number of hydrogen-bond donors (Lipinski definition) is 1. The smallest absolute Gasteiger partial charge is 0.303 e. The number of likely N-dealkylation sites (tertiary alicyclic amines) is 1. The summed E-state index contributed by atoms with van der Waals surface area (Å²) in [6.45, 7) is 2.59. The van der Waals surface area contributed by atoms with Crippen molar-refractivity contribution in [1.82, 2.24) is 14.7 Å². The predicted molar refractivity (Wildman–Crippen MR) is 93.8 cm³/mol. The maximum Gasteiger partial charge on any atom is 0.303 e. The molecule has 6 heteroatoms. The quantitative estimate of drug-likeness (QED) is 0.907. The van der Waals surface area contributed by atoms with Crippen LogP contribution in [0.5, 0.6) is 0 Å². The minimum atomic E-state index is -0.817. The molecule has 1 aromatic heterocycles. The van der Waals surface area contributed by atoms with Crippen LogP contribution in [0.3, 0.4) is 0 Å². The first kappa shape index (κ1) is 17.2. The number of carbonyl (C=O) groups is 2. The maximum atomic E-state index is 13.0. The molecule has 6 nitrogen and oxygen atoms in total. The third-order valence-electron chi connectivity index (χ3n) is 4.69. The number of carboxylic acid groups (broad SMARTS) is 1. The van der Waals surface area contributed by atoms with Gasteiger partial charge in [0.25, 0.3) is 5.91 Å². The van der Waals surface area contributed by atoms with Gasteiger partial charge in [-0.2, -0.15) is 5.10 Å². The van der Waals surface area contributed by atoms with Crippen LogP contribution < -0.4 is 0 Å². The SMILES string of the molecule is Cc1cc(C(=O)N2CCCCC2CCC(=O)O)nn1-c1ccccc1. The van der Waals surface area contributed by atoms with Gasteiger partial charge in [0.15, 0.2) is 5.69 Å².